The van der Waals surface area contributed by atoms with Crippen LogP contribution in [-0.4, -0.2) is 12.5 Å². The summed E-state index contributed by atoms with van der Waals surface area (Å²) < 4.78 is 6.61. The maximum absolute atomic E-state index is 5.70. The van der Waals surface area contributed by atoms with Crippen LogP contribution in [0.1, 0.15) is 13.3 Å². The standard InChI is InChI=1S/C11H14BrClO/c1-9(8-13)5-6-14-11-4-2-3-10(12)7-11/h2-4,7,9H,5-6,8H2,1H3. The molecule has 0 spiro atoms. The molecule has 3 heteroatoms. The third-order valence-electron chi connectivity index (χ3n) is 1.94. The Morgan fingerprint density at radius 1 is 1.50 bits per heavy atom. The second-order valence-corrected chi connectivity index (χ2v) is 4.58. The van der Waals surface area contributed by atoms with Crippen molar-refractivity contribution in [2.45, 2.75) is 13.3 Å². The van der Waals surface area contributed by atoms with Crippen LogP contribution in [0.4, 0.5) is 0 Å². The summed E-state index contributed by atoms with van der Waals surface area (Å²) >= 11 is 9.09. The first-order valence-electron chi connectivity index (χ1n) is 4.66. The Balaban J connectivity index is 2.31. The van der Waals surface area contributed by atoms with Crippen molar-refractivity contribution in [3.05, 3.63) is 28.7 Å². The highest BCUT2D eigenvalue weighted by Crippen LogP contribution is 2.18. The van der Waals surface area contributed by atoms with Crippen LogP contribution in [0.3, 0.4) is 0 Å². The molecule has 0 saturated heterocycles. The van der Waals surface area contributed by atoms with Gasteiger partial charge in [0, 0.05) is 10.4 Å². The van der Waals surface area contributed by atoms with Gasteiger partial charge >= 0.3 is 0 Å². The Morgan fingerprint density at radius 2 is 2.29 bits per heavy atom. The Kier molecular flexibility index (Phi) is 5.34. The summed E-state index contributed by atoms with van der Waals surface area (Å²) in [6.07, 6.45) is 0.996. The summed E-state index contributed by atoms with van der Waals surface area (Å²) in [4.78, 5) is 0. The van der Waals surface area contributed by atoms with E-state index in [1.54, 1.807) is 0 Å². The lowest BCUT2D eigenvalue weighted by Gasteiger charge is -2.09. The fourth-order valence-electron chi connectivity index (χ4n) is 1.01. The van der Waals surface area contributed by atoms with E-state index in [0.29, 0.717) is 11.8 Å². The van der Waals surface area contributed by atoms with E-state index in [2.05, 4.69) is 22.9 Å². The normalized spacial score (nSPS) is 12.5. The van der Waals surface area contributed by atoms with Crippen molar-refractivity contribution >= 4 is 27.5 Å². The second-order valence-electron chi connectivity index (χ2n) is 3.35. The molecular formula is C11H14BrClO. The van der Waals surface area contributed by atoms with Gasteiger partial charge in [0.15, 0.2) is 0 Å². The predicted molar refractivity (Wildman–Crippen MR) is 64.1 cm³/mol. The van der Waals surface area contributed by atoms with E-state index in [1.165, 1.54) is 0 Å². The summed E-state index contributed by atoms with van der Waals surface area (Å²) in [6.45, 7) is 2.85. The summed E-state index contributed by atoms with van der Waals surface area (Å²) in [7, 11) is 0. The molecule has 0 N–H and O–H groups in total. The van der Waals surface area contributed by atoms with E-state index >= 15 is 0 Å². The third-order valence-corrected chi connectivity index (χ3v) is 2.96. The first-order valence-corrected chi connectivity index (χ1v) is 5.99. The molecule has 1 rings (SSSR count). The van der Waals surface area contributed by atoms with Crippen molar-refractivity contribution in [1.29, 1.82) is 0 Å². The van der Waals surface area contributed by atoms with Gasteiger partial charge in [-0.1, -0.05) is 28.9 Å². The zero-order valence-electron chi connectivity index (χ0n) is 8.17. The highest BCUT2D eigenvalue weighted by molar-refractivity contribution is 9.10. The number of alkyl halides is 1. The zero-order chi connectivity index (χ0) is 10.4. The van der Waals surface area contributed by atoms with Crippen molar-refractivity contribution in [3.63, 3.8) is 0 Å². The maximum atomic E-state index is 5.70. The lowest BCUT2D eigenvalue weighted by atomic mass is 10.1. The topological polar surface area (TPSA) is 9.23 Å². The van der Waals surface area contributed by atoms with E-state index in [9.17, 15) is 0 Å². The summed E-state index contributed by atoms with van der Waals surface area (Å²) in [6, 6.07) is 7.86. The Morgan fingerprint density at radius 3 is 2.93 bits per heavy atom. The molecule has 0 aromatic heterocycles. The van der Waals surface area contributed by atoms with Crippen molar-refractivity contribution in [2.75, 3.05) is 12.5 Å². The van der Waals surface area contributed by atoms with Crippen LogP contribution in [0.15, 0.2) is 28.7 Å². The highest BCUT2D eigenvalue weighted by Gasteiger charge is 2.00. The van der Waals surface area contributed by atoms with Gasteiger partial charge in [0.25, 0.3) is 0 Å². The number of halogens is 2. The van der Waals surface area contributed by atoms with Crippen molar-refractivity contribution < 1.29 is 4.74 Å². The molecule has 0 radical (unpaired) electrons. The molecule has 1 unspecified atom stereocenters. The maximum Gasteiger partial charge on any atom is 0.120 e. The minimum absolute atomic E-state index is 0.517. The molecule has 1 nitrogen and oxygen atoms in total. The molecule has 0 amide bonds. The van der Waals surface area contributed by atoms with E-state index < -0.39 is 0 Å². The number of ether oxygens (including phenoxy) is 1. The largest absolute Gasteiger partial charge is 0.494 e. The molecule has 1 atom stereocenters. The average Bonchev–Trinajstić information content (AvgIpc) is 2.17. The van der Waals surface area contributed by atoms with Crippen LogP contribution in [0.25, 0.3) is 0 Å². The molecule has 0 aliphatic carbocycles. The molecule has 14 heavy (non-hydrogen) atoms. The Bertz CT molecular complexity index is 278. The average molecular weight is 278 g/mol. The van der Waals surface area contributed by atoms with E-state index in [0.717, 1.165) is 23.2 Å². The molecular weight excluding hydrogens is 263 g/mol. The first-order chi connectivity index (χ1) is 6.72. The third kappa shape index (κ3) is 4.34. The van der Waals surface area contributed by atoms with E-state index in [-0.39, 0.29) is 0 Å². The fourth-order valence-corrected chi connectivity index (χ4v) is 1.54. The monoisotopic (exact) mass is 276 g/mol. The van der Waals surface area contributed by atoms with Gasteiger partial charge in [0.05, 0.1) is 6.61 Å². The van der Waals surface area contributed by atoms with Crippen LogP contribution in [0.5, 0.6) is 5.75 Å². The van der Waals surface area contributed by atoms with E-state index in [1.807, 2.05) is 24.3 Å². The number of hydrogen-bond donors (Lipinski definition) is 0. The van der Waals surface area contributed by atoms with Crippen LogP contribution in [0, 0.1) is 5.92 Å². The summed E-state index contributed by atoms with van der Waals surface area (Å²) in [5.41, 5.74) is 0. The minimum atomic E-state index is 0.517. The van der Waals surface area contributed by atoms with Crippen LogP contribution < -0.4 is 4.74 Å². The summed E-state index contributed by atoms with van der Waals surface area (Å²) in [5, 5.41) is 0. The molecule has 0 fully saturated rings. The predicted octanol–water partition coefficient (Wildman–Crippen LogP) is 4.09. The molecule has 0 aliphatic rings. The molecule has 0 bridgehead atoms. The number of benzene rings is 1. The van der Waals surface area contributed by atoms with Gasteiger partial charge in [-0.15, -0.1) is 11.6 Å². The SMILES string of the molecule is CC(CCl)CCOc1cccc(Br)c1. The van der Waals surface area contributed by atoms with Gasteiger partial charge in [-0.05, 0) is 30.5 Å². The lowest BCUT2D eigenvalue weighted by Crippen LogP contribution is -2.04. The second kappa shape index (κ2) is 6.31. The minimum Gasteiger partial charge on any atom is -0.494 e. The molecule has 1 aromatic carbocycles. The molecule has 78 valence electrons. The van der Waals surface area contributed by atoms with Gasteiger partial charge in [0.1, 0.15) is 5.75 Å². The van der Waals surface area contributed by atoms with Gasteiger partial charge in [-0.25, -0.2) is 0 Å². The highest BCUT2D eigenvalue weighted by atomic mass is 79.9. The van der Waals surface area contributed by atoms with Crippen LogP contribution in [0.2, 0.25) is 0 Å². The quantitative estimate of drug-likeness (QED) is 0.737. The van der Waals surface area contributed by atoms with Crippen molar-refractivity contribution in [2.24, 2.45) is 5.92 Å². The summed E-state index contributed by atoms with van der Waals surface area (Å²) in [5.74, 6) is 2.12. The zero-order valence-corrected chi connectivity index (χ0v) is 10.5. The fraction of sp³-hybridized carbons (Fsp3) is 0.455. The van der Waals surface area contributed by atoms with Gasteiger partial charge in [-0.3, -0.25) is 0 Å². The lowest BCUT2D eigenvalue weighted by molar-refractivity contribution is 0.290. The van der Waals surface area contributed by atoms with Crippen molar-refractivity contribution in [1.82, 2.24) is 0 Å². The van der Waals surface area contributed by atoms with Crippen LogP contribution in [-0.2, 0) is 0 Å². The van der Waals surface area contributed by atoms with Gasteiger partial charge in [0.2, 0.25) is 0 Å². The number of rotatable bonds is 5. The molecule has 0 saturated carbocycles. The smallest absolute Gasteiger partial charge is 0.120 e. The van der Waals surface area contributed by atoms with Crippen LogP contribution >= 0.6 is 27.5 Å². The molecule has 0 aliphatic heterocycles. The molecule has 1 aromatic rings. The number of hydrogen-bond acceptors (Lipinski definition) is 1. The Labute approximate surface area is 98.5 Å². The molecule has 0 heterocycles. The Hall–Kier alpha value is -0.210. The van der Waals surface area contributed by atoms with Crippen molar-refractivity contribution in [3.8, 4) is 5.75 Å². The first kappa shape index (κ1) is 11.9. The van der Waals surface area contributed by atoms with Gasteiger partial charge < -0.3 is 4.74 Å². The van der Waals surface area contributed by atoms with Gasteiger partial charge in [-0.2, -0.15) is 0 Å². The van der Waals surface area contributed by atoms with E-state index in [4.69, 9.17) is 16.3 Å².